The molecule has 0 amide bonds. The van der Waals surface area contributed by atoms with E-state index in [0.717, 1.165) is 15.9 Å². The molecule has 21 heavy (non-hydrogen) atoms. The van der Waals surface area contributed by atoms with Crippen LogP contribution in [-0.4, -0.2) is 14.5 Å². The Morgan fingerprint density at radius 3 is 2.52 bits per heavy atom. The highest BCUT2D eigenvalue weighted by Gasteiger charge is 2.12. The monoisotopic (exact) mass is 321 g/mol. The van der Waals surface area contributed by atoms with Crippen molar-refractivity contribution in [3.8, 4) is 0 Å². The third kappa shape index (κ3) is 2.89. The van der Waals surface area contributed by atoms with Crippen LogP contribution in [0.1, 0.15) is 19.9 Å². The van der Waals surface area contributed by atoms with Crippen molar-refractivity contribution >= 4 is 34.4 Å². The molecule has 2 heterocycles. The van der Waals surface area contributed by atoms with Crippen LogP contribution in [0.3, 0.4) is 0 Å². The van der Waals surface area contributed by atoms with Crippen LogP contribution in [0.4, 0.5) is 4.39 Å². The van der Waals surface area contributed by atoms with Crippen molar-refractivity contribution in [1.29, 1.82) is 0 Å². The first kappa shape index (κ1) is 14.4. The molecule has 0 bridgehead atoms. The van der Waals surface area contributed by atoms with Gasteiger partial charge in [0.05, 0.1) is 5.39 Å². The number of fused-ring (bicyclic) bond motifs is 1. The Morgan fingerprint density at radius 1 is 1.14 bits per heavy atom. The molecule has 0 saturated heterocycles. The molecule has 6 heteroatoms. The van der Waals surface area contributed by atoms with Crippen molar-refractivity contribution in [2.45, 2.75) is 29.9 Å². The van der Waals surface area contributed by atoms with Gasteiger partial charge in [0.25, 0.3) is 0 Å². The first-order valence-electron chi connectivity index (χ1n) is 6.52. The predicted molar refractivity (Wildman–Crippen MR) is 83.4 cm³/mol. The van der Waals surface area contributed by atoms with E-state index in [9.17, 15) is 4.39 Å². The lowest BCUT2D eigenvalue weighted by molar-refractivity contribution is 0.615. The lowest BCUT2D eigenvalue weighted by Gasteiger charge is -2.09. The van der Waals surface area contributed by atoms with E-state index >= 15 is 0 Å². The molecule has 0 N–H and O–H groups in total. The number of hydrogen-bond acceptors (Lipinski definition) is 3. The molecule has 0 atom stereocenters. The van der Waals surface area contributed by atoms with Crippen LogP contribution in [0.25, 0.3) is 11.0 Å². The molecule has 3 nitrogen and oxygen atoms in total. The molecule has 0 aliphatic rings. The lowest BCUT2D eigenvalue weighted by atomic mass is 10.4. The first-order valence-corrected chi connectivity index (χ1v) is 7.71. The molecule has 3 aromatic rings. The van der Waals surface area contributed by atoms with Crippen molar-refractivity contribution < 1.29 is 4.39 Å². The van der Waals surface area contributed by atoms with Crippen LogP contribution >= 0.6 is 23.4 Å². The van der Waals surface area contributed by atoms with Gasteiger partial charge < -0.3 is 4.57 Å². The Hall–Kier alpha value is -1.59. The van der Waals surface area contributed by atoms with E-state index in [0.29, 0.717) is 10.3 Å². The summed E-state index contributed by atoms with van der Waals surface area (Å²) in [5.74, 6) is -0.262. The van der Waals surface area contributed by atoms with Gasteiger partial charge in [0.15, 0.2) is 5.16 Å². The number of benzene rings is 1. The minimum absolute atomic E-state index is 0.262. The molecule has 0 aliphatic carbocycles. The number of rotatable bonds is 3. The maximum Gasteiger partial charge on any atom is 0.195 e. The van der Waals surface area contributed by atoms with Gasteiger partial charge in [-0.2, -0.15) is 0 Å². The van der Waals surface area contributed by atoms with Crippen molar-refractivity contribution in [2.24, 2.45) is 0 Å². The van der Waals surface area contributed by atoms with E-state index in [2.05, 4.69) is 28.4 Å². The van der Waals surface area contributed by atoms with Gasteiger partial charge in [0, 0.05) is 17.1 Å². The van der Waals surface area contributed by atoms with E-state index in [4.69, 9.17) is 11.6 Å². The van der Waals surface area contributed by atoms with Crippen molar-refractivity contribution in [3.63, 3.8) is 0 Å². The summed E-state index contributed by atoms with van der Waals surface area (Å²) < 4.78 is 15.0. The van der Waals surface area contributed by atoms with Gasteiger partial charge in [-0.3, -0.25) is 0 Å². The Bertz CT molecular complexity index is 783. The number of nitrogens with zero attached hydrogens (tertiary/aromatic N) is 3. The van der Waals surface area contributed by atoms with E-state index in [-0.39, 0.29) is 11.9 Å². The second-order valence-electron chi connectivity index (χ2n) is 4.91. The first-order chi connectivity index (χ1) is 10.0. The van der Waals surface area contributed by atoms with Crippen LogP contribution in [0.5, 0.6) is 0 Å². The SMILES string of the molecule is CC(C)n1ccc2c(Cl)nc(Sc3ccc(F)cc3)nc21. The van der Waals surface area contributed by atoms with Crippen LogP contribution in [0, 0.1) is 5.82 Å². The molecule has 0 radical (unpaired) electrons. The number of aromatic nitrogens is 3. The molecule has 3 rings (SSSR count). The smallest absolute Gasteiger partial charge is 0.195 e. The summed E-state index contributed by atoms with van der Waals surface area (Å²) >= 11 is 7.60. The fourth-order valence-electron chi connectivity index (χ4n) is 2.05. The third-order valence-corrected chi connectivity index (χ3v) is 4.25. The Labute approximate surface area is 131 Å². The van der Waals surface area contributed by atoms with E-state index in [1.807, 2.05) is 12.3 Å². The van der Waals surface area contributed by atoms with E-state index < -0.39 is 0 Å². The summed E-state index contributed by atoms with van der Waals surface area (Å²) in [5.41, 5.74) is 0.814. The van der Waals surface area contributed by atoms with Gasteiger partial charge in [-0.05, 0) is 55.9 Å². The summed E-state index contributed by atoms with van der Waals surface area (Å²) in [5, 5.41) is 1.83. The minimum atomic E-state index is -0.262. The maximum absolute atomic E-state index is 12.9. The zero-order valence-corrected chi connectivity index (χ0v) is 13.1. The van der Waals surface area contributed by atoms with Crippen LogP contribution in [0.15, 0.2) is 46.6 Å². The summed E-state index contributed by atoms with van der Waals surface area (Å²) in [6, 6.07) is 8.44. The molecular formula is C15H13ClFN3S. The second-order valence-corrected chi connectivity index (χ2v) is 6.31. The van der Waals surface area contributed by atoms with Crippen LogP contribution in [-0.2, 0) is 0 Å². The Morgan fingerprint density at radius 2 is 1.86 bits per heavy atom. The highest BCUT2D eigenvalue weighted by atomic mass is 35.5. The topological polar surface area (TPSA) is 30.7 Å². The summed E-state index contributed by atoms with van der Waals surface area (Å²) in [6.07, 6.45) is 1.96. The zero-order valence-electron chi connectivity index (χ0n) is 11.5. The molecule has 0 spiro atoms. The standard InChI is InChI=1S/C15H13ClFN3S/c1-9(2)20-8-7-12-13(16)18-15(19-14(12)20)21-11-5-3-10(17)4-6-11/h3-9H,1-2H3. The molecule has 0 aliphatic heterocycles. The van der Waals surface area contributed by atoms with Crippen LogP contribution in [0.2, 0.25) is 5.15 Å². The van der Waals surface area contributed by atoms with Crippen molar-refractivity contribution in [1.82, 2.24) is 14.5 Å². The van der Waals surface area contributed by atoms with E-state index in [1.54, 1.807) is 12.1 Å². The van der Waals surface area contributed by atoms with Gasteiger partial charge in [-0.1, -0.05) is 11.6 Å². The quantitative estimate of drug-likeness (QED) is 0.505. The molecular weight excluding hydrogens is 309 g/mol. The summed E-state index contributed by atoms with van der Waals surface area (Å²) in [4.78, 5) is 9.74. The van der Waals surface area contributed by atoms with Crippen molar-refractivity contribution in [2.75, 3.05) is 0 Å². The highest BCUT2D eigenvalue weighted by Crippen LogP contribution is 2.30. The van der Waals surface area contributed by atoms with Gasteiger partial charge in [-0.15, -0.1) is 0 Å². The fourth-order valence-corrected chi connectivity index (χ4v) is 3.08. The van der Waals surface area contributed by atoms with Crippen molar-refractivity contribution in [3.05, 3.63) is 47.5 Å². The third-order valence-electron chi connectivity index (χ3n) is 3.08. The lowest BCUT2D eigenvalue weighted by Crippen LogP contribution is -2.01. The summed E-state index contributed by atoms with van der Waals surface area (Å²) in [7, 11) is 0. The Kier molecular flexibility index (Phi) is 3.87. The van der Waals surface area contributed by atoms with Crippen LogP contribution < -0.4 is 0 Å². The molecule has 0 fully saturated rings. The zero-order chi connectivity index (χ0) is 15.0. The van der Waals surface area contributed by atoms with Gasteiger partial charge in [-0.25, -0.2) is 14.4 Å². The molecule has 0 saturated carbocycles. The number of hydrogen-bond donors (Lipinski definition) is 0. The number of halogens is 2. The molecule has 2 aromatic heterocycles. The predicted octanol–water partition coefficient (Wildman–Crippen LogP) is 4.96. The minimum Gasteiger partial charge on any atom is -0.330 e. The maximum atomic E-state index is 12.9. The van der Waals surface area contributed by atoms with E-state index in [1.165, 1.54) is 23.9 Å². The van der Waals surface area contributed by atoms with Gasteiger partial charge in [0.2, 0.25) is 0 Å². The van der Waals surface area contributed by atoms with Gasteiger partial charge in [0.1, 0.15) is 16.6 Å². The second kappa shape index (κ2) is 5.66. The normalized spacial score (nSPS) is 11.5. The average Bonchev–Trinajstić information content (AvgIpc) is 2.86. The molecule has 1 aromatic carbocycles. The molecule has 0 unspecified atom stereocenters. The van der Waals surface area contributed by atoms with Gasteiger partial charge >= 0.3 is 0 Å². The average molecular weight is 322 g/mol. The fraction of sp³-hybridized carbons (Fsp3) is 0.200. The largest absolute Gasteiger partial charge is 0.330 e. The summed E-state index contributed by atoms with van der Waals surface area (Å²) in [6.45, 7) is 4.17. The molecule has 108 valence electrons. The highest BCUT2D eigenvalue weighted by molar-refractivity contribution is 7.99. The Balaban J connectivity index is 2.02.